The molecule has 0 bridgehead atoms. The van der Waals surface area contributed by atoms with Crippen LogP contribution in [0, 0.1) is 0 Å². The lowest BCUT2D eigenvalue weighted by Gasteiger charge is -2.17. The van der Waals surface area contributed by atoms with Crippen molar-refractivity contribution in [1.82, 2.24) is 20.3 Å². The number of likely N-dealkylation sites (N-methyl/N-ethyl adjacent to an activating group) is 1. The molecule has 0 saturated carbocycles. The van der Waals surface area contributed by atoms with E-state index < -0.39 is 0 Å². The number of amides is 1. The van der Waals surface area contributed by atoms with Crippen LogP contribution in [0.1, 0.15) is 29.4 Å². The summed E-state index contributed by atoms with van der Waals surface area (Å²) in [5, 5.41) is 2.82. The number of nitrogens with zero attached hydrogens (tertiary/aromatic N) is 4. The van der Waals surface area contributed by atoms with Crippen LogP contribution < -0.4 is 10.2 Å². The zero-order valence-electron chi connectivity index (χ0n) is 13.0. The first kappa shape index (κ1) is 15.9. The summed E-state index contributed by atoms with van der Waals surface area (Å²) < 4.78 is 0. The summed E-state index contributed by atoms with van der Waals surface area (Å²) in [5.74, 6) is 0.395. The predicted octanol–water partition coefficient (Wildman–Crippen LogP) is 1.69. The van der Waals surface area contributed by atoms with E-state index >= 15 is 0 Å². The average Bonchev–Trinajstić information content (AvgIpc) is 2.58. The Morgan fingerprint density at radius 3 is 2.73 bits per heavy atom. The van der Waals surface area contributed by atoms with E-state index in [-0.39, 0.29) is 5.91 Å². The van der Waals surface area contributed by atoms with Gasteiger partial charge in [0.05, 0.1) is 0 Å². The molecule has 6 nitrogen and oxygen atoms in total. The lowest BCUT2D eigenvalue weighted by atomic mass is 10.2. The molecular formula is C16H21N5O. The predicted molar refractivity (Wildman–Crippen MR) is 85.9 cm³/mol. The minimum atomic E-state index is -0.159. The average molecular weight is 299 g/mol. The van der Waals surface area contributed by atoms with Gasteiger partial charge in [0.1, 0.15) is 5.69 Å². The van der Waals surface area contributed by atoms with Gasteiger partial charge >= 0.3 is 0 Å². The number of anilines is 1. The first-order chi connectivity index (χ1) is 10.7. The molecule has 0 aliphatic heterocycles. The smallest absolute Gasteiger partial charge is 0.270 e. The maximum atomic E-state index is 11.9. The van der Waals surface area contributed by atoms with Gasteiger partial charge in [-0.2, -0.15) is 0 Å². The quantitative estimate of drug-likeness (QED) is 0.842. The molecular weight excluding hydrogens is 278 g/mol. The van der Waals surface area contributed by atoms with Crippen molar-refractivity contribution in [2.75, 3.05) is 25.0 Å². The Hall–Kier alpha value is -2.50. The topological polar surface area (TPSA) is 71.0 Å². The third-order valence-corrected chi connectivity index (χ3v) is 3.24. The van der Waals surface area contributed by atoms with Crippen molar-refractivity contribution in [3.63, 3.8) is 0 Å². The van der Waals surface area contributed by atoms with Gasteiger partial charge in [-0.1, -0.05) is 6.92 Å². The first-order valence-electron chi connectivity index (χ1n) is 7.42. The molecule has 0 fully saturated rings. The molecule has 0 aliphatic carbocycles. The van der Waals surface area contributed by atoms with Crippen LogP contribution in [-0.4, -0.2) is 41.0 Å². The molecule has 0 spiro atoms. The molecule has 1 N–H and O–H groups in total. The van der Waals surface area contributed by atoms with E-state index in [1.807, 2.05) is 31.0 Å². The van der Waals surface area contributed by atoms with Crippen molar-refractivity contribution in [2.24, 2.45) is 0 Å². The highest BCUT2D eigenvalue weighted by Crippen LogP contribution is 2.07. The van der Waals surface area contributed by atoms with E-state index in [9.17, 15) is 4.79 Å². The Labute approximate surface area is 130 Å². The van der Waals surface area contributed by atoms with Crippen molar-refractivity contribution in [3.05, 3.63) is 48.0 Å². The molecule has 1 amide bonds. The molecule has 2 rings (SSSR count). The van der Waals surface area contributed by atoms with Gasteiger partial charge in [0, 0.05) is 38.7 Å². The molecule has 2 aromatic heterocycles. The number of aromatic nitrogens is 3. The van der Waals surface area contributed by atoms with E-state index in [4.69, 9.17) is 0 Å². The van der Waals surface area contributed by atoms with E-state index in [2.05, 4.69) is 20.3 Å². The van der Waals surface area contributed by atoms with E-state index in [0.29, 0.717) is 18.2 Å². The number of rotatable bonds is 7. The highest BCUT2D eigenvalue weighted by atomic mass is 16.1. The first-order valence-corrected chi connectivity index (χ1v) is 7.42. The van der Waals surface area contributed by atoms with Gasteiger partial charge in [0.15, 0.2) is 0 Å². The van der Waals surface area contributed by atoms with Gasteiger partial charge in [-0.05, 0) is 36.6 Å². The van der Waals surface area contributed by atoms with Crippen molar-refractivity contribution in [2.45, 2.75) is 19.8 Å². The second-order valence-corrected chi connectivity index (χ2v) is 5.02. The van der Waals surface area contributed by atoms with Crippen LogP contribution in [-0.2, 0) is 6.42 Å². The van der Waals surface area contributed by atoms with Gasteiger partial charge in [0.2, 0.25) is 5.95 Å². The summed E-state index contributed by atoms with van der Waals surface area (Å²) in [6.07, 6.45) is 6.95. The number of carbonyl (C=O) groups excluding carboxylic acids is 1. The normalized spacial score (nSPS) is 10.3. The largest absolute Gasteiger partial charge is 0.351 e. The molecule has 6 heteroatoms. The van der Waals surface area contributed by atoms with Crippen molar-refractivity contribution in [3.8, 4) is 0 Å². The van der Waals surface area contributed by atoms with Crippen LogP contribution in [0.3, 0.4) is 0 Å². The van der Waals surface area contributed by atoms with Crippen LogP contribution in [0.4, 0.5) is 5.95 Å². The van der Waals surface area contributed by atoms with E-state index in [0.717, 1.165) is 19.4 Å². The SMILES string of the molecule is CCCNC(=O)c1ccnc(N(C)CCc2ccncc2)n1. The summed E-state index contributed by atoms with van der Waals surface area (Å²) in [4.78, 5) is 26.4. The molecule has 116 valence electrons. The number of pyridine rings is 1. The molecule has 0 aliphatic rings. The Bertz CT molecular complexity index is 602. The molecule has 2 aromatic rings. The molecule has 0 radical (unpaired) electrons. The standard InChI is InChI=1S/C16H21N5O/c1-3-8-18-15(22)14-6-11-19-16(20-14)21(2)12-7-13-4-9-17-10-5-13/h4-6,9-11H,3,7-8,12H2,1-2H3,(H,18,22). The lowest BCUT2D eigenvalue weighted by Crippen LogP contribution is -2.27. The monoisotopic (exact) mass is 299 g/mol. The second kappa shape index (κ2) is 8.07. The van der Waals surface area contributed by atoms with Gasteiger partial charge in [-0.15, -0.1) is 0 Å². The summed E-state index contributed by atoms with van der Waals surface area (Å²) in [5.41, 5.74) is 1.60. The molecule has 22 heavy (non-hydrogen) atoms. The van der Waals surface area contributed by atoms with Crippen molar-refractivity contribution in [1.29, 1.82) is 0 Å². The summed E-state index contributed by atoms with van der Waals surface area (Å²) in [6.45, 7) is 3.43. The van der Waals surface area contributed by atoms with Crippen LogP contribution in [0.25, 0.3) is 0 Å². The zero-order valence-corrected chi connectivity index (χ0v) is 13.0. The summed E-state index contributed by atoms with van der Waals surface area (Å²) >= 11 is 0. The zero-order chi connectivity index (χ0) is 15.8. The highest BCUT2D eigenvalue weighted by molar-refractivity contribution is 5.92. The fourth-order valence-corrected chi connectivity index (χ4v) is 1.93. The third-order valence-electron chi connectivity index (χ3n) is 3.24. The maximum Gasteiger partial charge on any atom is 0.270 e. The molecule has 2 heterocycles. The minimum Gasteiger partial charge on any atom is -0.351 e. The summed E-state index contributed by atoms with van der Waals surface area (Å²) in [7, 11) is 1.92. The number of carbonyl (C=O) groups is 1. The Morgan fingerprint density at radius 1 is 1.23 bits per heavy atom. The van der Waals surface area contributed by atoms with Gasteiger partial charge in [-0.25, -0.2) is 9.97 Å². The lowest BCUT2D eigenvalue weighted by molar-refractivity contribution is 0.0948. The van der Waals surface area contributed by atoms with E-state index in [1.165, 1.54) is 5.56 Å². The highest BCUT2D eigenvalue weighted by Gasteiger charge is 2.10. The number of hydrogen-bond acceptors (Lipinski definition) is 5. The molecule has 0 atom stereocenters. The second-order valence-electron chi connectivity index (χ2n) is 5.02. The maximum absolute atomic E-state index is 11.9. The van der Waals surface area contributed by atoms with E-state index in [1.54, 1.807) is 24.7 Å². The van der Waals surface area contributed by atoms with Gasteiger partial charge in [-0.3, -0.25) is 9.78 Å². The minimum absolute atomic E-state index is 0.159. The Kier molecular flexibility index (Phi) is 5.82. The van der Waals surface area contributed by atoms with Crippen LogP contribution in [0.5, 0.6) is 0 Å². The fraction of sp³-hybridized carbons (Fsp3) is 0.375. The van der Waals surface area contributed by atoms with Crippen molar-refractivity contribution < 1.29 is 4.79 Å². The van der Waals surface area contributed by atoms with Crippen LogP contribution in [0.15, 0.2) is 36.8 Å². The van der Waals surface area contributed by atoms with Gasteiger partial charge in [0.25, 0.3) is 5.91 Å². The Morgan fingerprint density at radius 2 is 2.00 bits per heavy atom. The molecule has 0 aromatic carbocycles. The molecule has 0 unspecified atom stereocenters. The van der Waals surface area contributed by atoms with Crippen LogP contribution >= 0.6 is 0 Å². The van der Waals surface area contributed by atoms with Gasteiger partial charge < -0.3 is 10.2 Å². The fourth-order valence-electron chi connectivity index (χ4n) is 1.93. The Balaban J connectivity index is 1.97. The number of hydrogen-bond donors (Lipinski definition) is 1. The molecule has 0 saturated heterocycles. The van der Waals surface area contributed by atoms with Crippen molar-refractivity contribution >= 4 is 11.9 Å². The number of nitrogens with one attached hydrogen (secondary N) is 1. The van der Waals surface area contributed by atoms with Crippen LogP contribution in [0.2, 0.25) is 0 Å². The third kappa shape index (κ3) is 4.51. The summed E-state index contributed by atoms with van der Waals surface area (Å²) in [6, 6.07) is 5.61.